The number of piperidine rings is 1. The van der Waals surface area contributed by atoms with Gasteiger partial charge in [-0.1, -0.05) is 6.42 Å². The Balaban J connectivity index is 2.58. The van der Waals surface area contributed by atoms with Crippen molar-refractivity contribution in [3.63, 3.8) is 0 Å². The first kappa shape index (κ1) is 14.4. The van der Waals surface area contributed by atoms with E-state index in [9.17, 15) is 13.2 Å². The smallest absolute Gasteiger partial charge is 0.280 e. The maximum atomic E-state index is 12.0. The third-order valence-corrected chi connectivity index (χ3v) is 4.62. The maximum Gasteiger partial charge on any atom is 0.280 e. The summed E-state index contributed by atoms with van der Waals surface area (Å²) in [6.07, 6.45) is 2.82. The molecule has 0 radical (unpaired) electrons. The fraction of sp³-hybridized carbons (Fsp3) is 0.900. The van der Waals surface area contributed by atoms with Crippen LogP contribution in [0.2, 0.25) is 0 Å². The average molecular weight is 263 g/mol. The van der Waals surface area contributed by atoms with E-state index in [4.69, 9.17) is 0 Å². The molecule has 6 nitrogen and oxygen atoms in total. The van der Waals surface area contributed by atoms with E-state index in [1.54, 1.807) is 14.1 Å². The van der Waals surface area contributed by atoms with Crippen molar-refractivity contribution >= 4 is 16.1 Å². The van der Waals surface area contributed by atoms with Gasteiger partial charge in [0, 0.05) is 26.7 Å². The molecule has 1 N–H and O–H groups in total. The largest absolute Gasteiger partial charge is 0.348 e. The first-order valence-corrected chi connectivity index (χ1v) is 7.25. The van der Waals surface area contributed by atoms with Crippen LogP contribution in [-0.4, -0.2) is 56.8 Å². The van der Waals surface area contributed by atoms with E-state index < -0.39 is 10.2 Å². The van der Waals surface area contributed by atoms with Gasteiger partial charge in [-0.15, -0.1) is 0 Å². The van der Waals surface area contributed by atoms with Crippen LogP contribution in [0.1, 0.15) is 26.2 Å². The van der Waals surface area contributed by atoms with Gasteiger partial charge in [-0.3, -0.25) is 4.79 Å². The second-order valence-corrected chi connectivity index (χ2v) is 6.28. The van der Waals surface area contributed by atoms with Crippen molar-refractivity contribution in [2.24, 2.45) is 0 Å². The SMILES string of the molecule is CC1CCCCN1S(=O)(=O)NCC(=O)N(C)C. The predicted molar refractivity (Wildman–Crippen MR) is 65.6 cm³/mol. The number of carbonyl (C=O) groups excluding carboxylic acids is 1. The van der Waals surface area contributed by atoms with Gasteiger partial charge in [-0.2, -0.15) is 17.4 Å². The third-order valence-electron chi connectivity index (χ3n) is 2.96. The Bertz CT molecular complexity index is 367. The summed E-state index contributed by atoms with van der Waals surface area (Å²) in [5.41, 5.74) is 0. The molecular formula is C10H21N3O3S. The summed E-state index contributed by atoms with van der Waals surface area (Å²) in [6, 6.07) is 0.00991. The van der Waals surface area contributed by atoms with Crippen LogP contribution in [0.5, 0.6) is 0 Å². The van der Waals surface area contributed by atoms with Crippen molar-refractivity contribution in [2.45, 2.75) is 32.2 Å². The van der Waals surface area contributed by atoms with E-state index in [0.29, 0.717) is 6.54 Å². The molecule has 1 unspecified atom stereocenters. The van der Waals surface area contributed by atoms with Crippen molar-refractivity contribution < 1.29 is 13.2 Å². The van der Waals surface area contributed by atoms with Crippen molar-refractivity contribution in [1.29, 1.82) is 0 Å². The zero-order valence-electron chi connectivity index (χ0n) is 10.6. The number of rotatable bonds is 4. The second kappa shape index (κ2) is 5.79. The van der Waals surface area contributed by atoms with E-state index in [-0.39, 0.29) is 18.5 Å². The molecule has 1 amide bonds. The molecule has 100 valence electrons. The number of amides is 1. The summed E-state index contributed by atoms with van der Waals surface area (Å²) in [4.78, 5) is 12.7. The maximum absolute atomic E-state index is 12.0. The van der Waals surface area contributed by atoms with Crippen molar-refractivity contribution in [3.8, 4) is 0 Å². The van der Waals surface area contributed by atoms with Gasteiger partial charge in [0.05, 0.1) is 6.54 Å². The molecule has 1 atom stereocenters. The monoisotopic (exact) mass is 263 g/mol. The van der Waals surface area contributed by atoms with Crippen LogP contribution in [0, 0.1) is 0 Å². The molecular weight excluding hydrogens is 242 g/mol. The number of hydrogen-bond donors (Lipinski definition) is 1. The van der Waals surface area contributed by atoms with E-state index in [1.165, 1.54) is 9.21 Å². The van der Waals surface area contributed by atoms with Crippen LogP contribution in [0.15, 0.2) is 0 Å². The molecule has 17 heavy (non-hydrogen) atoms. The standard InChI is InChI=1S/C10H21N3O3S/c1-9-6-4-5-7-13(9)17(15,16)11-8-10(14)12(2)3/h9,11H,4-8H2,1-3H3. The van der Waals surface area contributed by atoms with Crippen molar-refractivity contribution in [2.75, 3.05) is 27.2 Å². The van der Waals surface area contributed by atoms with Crippen LogP contribution in [0.25, 0.3) is 0 Å². The molecule has 7 heteroatoms. The van der Waals surface area contributed by atoms with Crippen LogP contribution in [0.3, 0.4) is 0 Å². The lowest BCUT2D eigenvalue weighted by Gasteiger charge is -2.32. The fourth-order valence-corrected chi connectivity index (χ4v) is 3.24. The molecule has 0 aromatic rings. The molecule has 1 heterocycles. The third kappa shape index (κ3) is 3.93. The number of nitrogens with zero attached hydrogens (tertiary/aromatic N) is 2. The molecule has 1 fully saturated rings. The number of nitrogens with one attached hydrogen (secondary N) is 1. The number of hydrogen-bond acceptors (Lipinski definition) is 3. The summed E-state index contributed by atoms with van der Waals surface area (Å²) in [7, 11) is -0.331. The Morgan fingerprint density at radius 2 is 2.06 bits per heavy atom. The van der Waals surface area contributed by atoms with Crippen LogP contribution in [0.4, 0.5) is 0 Å². The molecule has 0 aromatic heterocycles. The van der Waals surface area contributed by atoms with E-state index in [2.05, 4.69) is 4.72 Å². The highest BCUT2D eigenvalue weighted by atomic mass is 32.2. The highest BCUT2D eigenvalue weighted by molar-refractivity contribution is 7.87. The molecule has 0 aromatic carbocycles. The Morgan fingerprint density at radius 3 is 2.59 bits per heavy atom. The Hall–Kier alpha value is -0.660. The lowest BCUT2D eigenvalue weighted by Crippen LogP contribution is -2.49. The summed E-state index contributed by atoms with van der Waals surface area (Å²) in [5.74, 6) is -0.252. The molecule has 1 aliphatic rings. The minimum absolute atomic E-state index is 0.00991. The molecule has 1 rings (SSSR count). The van der Waals surface area contributed by atoms with Gasteiger partial charge in [0.25, 0.3) is 10.2 Å². The van der Waals surface area contributed by atoms with E-state index >= 15 is 0 Å². The first-order chi connectivity index (χ1) is 7.84. The highest BCUT2D eigenvalue weighted by Crippen LogP contribution is 2.18. The van der Waals surface area contributed by atoms with Gasteiger partial charge >= 0.3 is 0 Å². The molecule has 0 aliphatic carbocycles. The van der Waals surface area contributed by atoms with Gasteiger partial charge < -0.3 is 4.90 Å². The van der Waals surface area contributed by atoms with Gasteiger partial charge in [0.1, 0.15) is 0 Å². The lowest BCUT2D eigenvalue weighted by molar-refractivity contribution is -0.127. The predicted octanol–water partition coefficient (Wildman–Crippen LogP) is -0.217. The summed E-state index contributed by atoms with van der Waals surface area (Å²) < 4.78 is 27.7. The molecule has 0 saturated carbocycles. The second-order valence-electron chi connectivity index (χ2n) is 4.57. The quantitative estimate of drug-likeness (QED) is 0.762. The molecule has 1 aliphatic heterocycles. The van der Waals surface area contributed by atoms with Crippen LogP contribution >= 0.6 is 0 Å². The molecule has 1 saturated heterocycles. The molecule has 0 spiro atoms. The van der Waals surface area contributed by atoms with E-state index in [0.717, 1.165) is 19.3 Å². The Morgan fingerprint density at radius 1 is 1.41 bits per heavy atom. The topological polar surface area (TPSA) is 69.7 Å². The average Bonchev–Trinajstić information content (AvgIpc) is 2.26. The normalized spacial score (nSPS) is 22.4. The van der Waals surface area contributed by atoms with E-state index in [1.807, 2.05) is 6.92 Å². The fourth-order valence-electron chi connectivity index (χ4n) is 1.82. The Kier molecular flexibility index (Phi) is 4.91. The summed E-state index contributed by atoms with van der Waals surface area (Å²) >= 11 is 0. The summed E-state index contributed by atoms with van der Waals surface area (Å²) in [5, 5.41) is 0. The Labute approximate surface area is 103 Å². The van der Waals surface area contributed by atoms with Crippen LogP contribution < -0.4 is 4.72 Å². The highest BCUT2D eigenvalue weighted by Gasteiger charge is 2.29. The number of likely N-dealkylation sites (N-methyl/N-ethyl adjacent to an activating group) is 1. The zero-order valence-corrected chi connectivity index (χ0v) is 11.5. The van der Waals surface area contributed by atoms with Gasteiger partial charge in [0.15, 0.2) is 0 Å². The van der Waals surface area contributed by atoms with Crippen molar-refractivity contribution in [3.05, 3.63) is 0 Å². The van der Waals surface area contributed by atoms with Gasteiger partial charge in [-0.25, -0.2) is 0 Å². The van der Waals surface area contributed by atoms with Crippen LogP contribution in [-0.2, 0) is 15.0 Å². The minimum Gasteiger partial charge on any atom is -0.348 e. The number of carbonyl (C=O) groups is 1. The van der Waals surface area contributed by atoms with Gasteiger partial charge in [0.2, 0.25) is 5.91 Å². The molecule has 0 bridgehead atoms. The minimum atomic E-state index is -3.53. The lowest BCUT2D eigenvalue weighted by atomic mass is 10.1. The summed E-state index contributed by atoms with van der Waals surface area (Å²) in [6.45, 7) is 2.25. The zero-order chi connectivity index (χ0) is 13.1. The van der Waals surface area contributed by atoms with Crippen molar-refractivity contribution in [1.82, 2.24) is 13.9 Å². The first-order valence-electron chi connectivity index (χ1n) is 5.81. The van der Waals surface area contributed by atoms with Gasteiger partial charge in [-0.05, 0) is 19.8 Å².